The van der Waals surface area contributed by atoms with Crippen molar-refractivity contribution in [1.29, 1.82) is 0 Å². The van der Waals surface area contributed by atoms with Crippen LogP contribution in [0.5, 0.6) is 0 Å². The van der Waals surface area contributed by atoms with Gasteiger partial charge in [-0.2, -0.15) is 9.97 Å². The smallest absolute Gasteiger partial charge is 0.259 e. The molecule has 6 rings (SSSR count). The van der Waals surface area contributed by atoms with E-state index in [-0.39, 0.29) is 24.4 Å². The van der Waals surface area contributed by atoms with Crippen LogP contribution in [0.4, 0.5) is 22.7 Å². The van der Waals surface area contributed by atoms with Gasteiger partial charge < -0.3 is 29.8 Å². The van der Waals surface area contributed by atoms with Crippen LogP contribution in [0.1, 0.15) is 39.5 Å². The number of hydrogen-bond donors (Lipinski definition) is 3. The number of anilines is 4. The Kier molecular flexibility index (Phi) is 7.40. The van der Waals surface area contributed by atoms with E-state index in [9.17, 15) is 5.11 Å². The van der Waals surface area contributed by atoms with Crippen LogP contribution in [0.15, 0.2) is 47.0 Å². The molecular formula is C27H32N8O3S. The van der Waals surface area contributed by atoms with Crippen molar-refractivity contribution in [3.05, 3.63) is 42.6 Å². The number of rotatable bonds is 7. The topological polar surface area (TPSA) is 134 Å². The summed E-state index contributed by atoms with van der Waals surface area (Å²) in [5, 5.41) is 25.8. The molecule has 4 aromatic rings. The van der Waals surface area contributed by atoms with Crippen LogP contribution in [0.2, 0.25) is 0 Å². The molecule has 39 heavy (non-hydrogen) atoms. The second-order valence-electron chi connectivity index (χ2n) is 10.2. The maximum Gasteiger partial charge on any atom is 0.259 e. The minimum absolute atomic E-state index is 0.105. The first-order valence-electron chi connectivity index (χ1n) is 13.3. The highest BCUT2D eigenvalue weighted by atomic mass is 32.1. The molecule has 2 fully saturated rings. The standard InChI is InChI=1S/C27H32N8O3S/c1-16-14-35(15-17(2)37-16)23-12-22(30-26(32-23)29-19-8-10-20(36)11-9-19)31-27-28-13-21(39-27)25-34-33-24(38-25)18-6-4-3-5-7-18/h3-7,12-13,16-17,19-20,36H,8-11,14-15H2,1-2H3,(H2,28,29,30,31,32)/t16-,17+,19?,20?. The molecule has 3 aromatic heterocycles. The number of aromatic nitrogens is 5. The summed E-state index contributed by atoms with van der Waals surface area (Å²) in [5.41, 5.74) is 0.867. The number of hydrogen-bond acceptors (Lipinski definition) is 12. The van der Waals surface area contributed by atoms with Crippen LogP contribution in [0.25, 0.3) is 22.2 Å². The summed E-state index contributed by atoms with van der Waals surface area (Å²) >= 11 is 1.41. The Hall–Kier alpha value is -3.61. The molecule has 1 aliphatic heterocycles. The Morgan fingerprint density at radius 2 is 1.72 bits per heavy atom. The number of nitrogens with one attached hydrogen (secondary N) is 2. The zero-order valence-electron chi connectivity index (χ0n) is 21.9. The van der Waals surface area contributed by atoms with Crippen LogP contribution in [0.3, 0.4) is 0 Å². The quantitative estimate of drug-likeness (QED) is 0.296. The van der Waals surface area contributed by atoms with Crippen molar-refractivity contribution in [2.24, 2.45) is 0 Å². The minimum Gasteiger partial charge on any atom is -0.415 e. The second-order valence-corrected chi connectivity index (χ2v) is 11.2. The van der Waals surface area contributed by atoms with E-state index in [4.69, 9.17) is 19.1 Å². The Bertz CT molecular complexity index is 1380. The fourth-order valence-corrected chi connectivity index (χ4v) is 5.80. The first kappa shape index (κ1) is 25.7. The van der Waals surface area contributed by atoms with E-state index < -0.39 is 0 Å². The number of ether oxygens (including phenoxy) is 1. The van der Waals surface area contributed by atoms with Crippen molar-refractivity contribution in [2.75, 3.05) is 28.6 Å². The highest BCUT2D eigenvalue weighted by molar-refractivity contribution is 7.18. The molecule has 0 amide bonds. The fourth-order valence-electron chi connectivity index (χ4n) is 5.05. The SMILES string of the molecule is C[C@@H]1CN(c2cc(Nc3ncc(-c4nnc(-c5ccccc5)o4)s3)nc(NC3CCC(O)CC3)n2)C[C@H](C)O1. The van der Waals surface area contributed by atoms with Gasteiger partial charge in [0.1, 0.15) is 16.5 Å². The molecule has 1 saturated carbocycles. The van der Waals surface area contributed by atoms with Crippen LogP contribution in [-0.2, 0) is 4.74 Å². The third-order valence-electron chi connectivity index (χ3n) is 6.88. The second kappa shape index (κ2) is 11.2. The first-order chi connectivity index (χ1) is 19.0. The molecule has 4 heterocycles. The van der Waals surface area contributed by atoms with E-state index in [1.165, 1.54) is 11.3 Å². The fraction of sp³-hybridized carbons (Fsp3) is 0.444. The molecule has 0 unspecified atom stereocenters. The maximum atomic E-state index is 9.90. The van der Waals surface area contributed by atoms with E-state index in [0.717, 1.165) is 55.0 Å². The van der Waals surface area contributed by atoms with Crippen molar-refractivity contribution in [1.82, 2.24) is 25.1 Å². The molecule has 11 nitrogen and oxygen atoms in total. The lowest BCUT2D eigenvalue weighted by molar-refractivity contribution is -0.00545. The molecular weight excluding hydrogens is 516 g/mol. The molecule has 1 saturated heterocycles. The van der Waals surface area contributed by atoms with Gasteiger partial charge in [-0.05, 0) is 51.7 Å². The number of morpholine rings is 1. The largest absolute Gasteiger partial charge is 0.415 e. The van der Waals surface area contributed by atoms with Crippen LogP contribution in [-0.4, -0.2) is 67.7 Å². The maximum absolute atomic E-state index is 9.90. The van der Waals surface area contributed by atoms with Crippen molar-refractivity contribution in [2.45, 2.75) is 63.9 Å². The molecule has 0 radical (unpaired) electrons. The average Bonchev–Trinajstić information content (AvgIpc) is 3.60. The van der Waals surface area contributed by atoms with Gasteiger partial charge >= 0.3 is 0 Å². The summed E-state index contributed by atoms with van der Waals surface area (Å²) in [7, 11) is 0. The lowest BCUT2D eigenvalue weighted by atomic mass is 9.93. The molecule has 2 atom stereocenters. The highest BCUT2D eigenvalue weighted by Crippen LogP contribution is 2.32. The number of benzene rings is 1. The number of aliphatic hydroxyl groups excluding tert-OH is 1. The number of nitrogens with zero attached hydrogens (tertiary/aromatic N) is 6. The molecule has 1 aliphatic carbocycles. The number of thiazole rings is 1. The summed E-state index contributed by atoms with van der Waals surface area (Å²) in [4.78, 5) is 17.1. The van der Waals surface area contributed by atoms with Gasteiger partial charge in [0.25, 0.3) is 5.89 Å². The monoisotopic (exact) mass is 548 g/mol. The summed E-state index contributed by atoms with van der Waals surface area (Å²) in [5.74, 6) is 2.91. The third kappa shape index (κ3) is 6.18. The van der Waals surface area contributed by atoms with Crippen LogP contribution >= 0.6 is 11.3 Å². The molecule has 3 N–H and O–H groups in total. The summed E-state index contributed by atoms with van der Waals surface area (Å²) in [6.45, 7) is 5.65. The Labute approximate surface area is 230 Å². The van der Waals surface area contributed by atoms with Crippen molar-refractivity contribution in [3.63, 3.8) is 0 Å². The van der Waals surface area contributed by atoms with Crippen molar-refractivity contribution >= 4 is 34.1 Å². The lowest BCUT2D eigenvalue weighted by Gasteiger charge is -2.36. The molecule has 0 spiro atoms. The zero-order chi connectivity index (χ0) is 26.8. The molecule has 0 bridgehead atoms. The van der Waals surface area contributed by atoms with Gasteiger partial charge in [0.2, 0.25) is 11.8 Å². The molecule has 2 aliphatic rings. The summed E-state index contributed by atoms with van der Waals surface area (Å²) < 4.78 is 11.8. The summed E-state index contributed by atoms with van der Waals surface area (Å²) in [6.07, 6.45) is 5.04. The van der Waals surface area contributed by atoms with Gasteiger partial charge in [0, 0.05) is 30.8 Å². The van der Waals surface area contributed by atoms with Gasteiger partial charge in [-0.25, -0.2) is 4.98 Å². The normalized spacial score (nSPS) is 23.5. The Balaban J connectivity index is 1.23. The Morgan fingerprint density at radius 1 is 0.974 bits per heavy atom. The number of aliphatic hydroxyl groups is 1. The highest BCUT2D eigenvalue weighted by Gasteiger charge is 2.25. The van der Waals surface area contributed by atoms with E-state index in [2.05, 4.69) is 44.6 Å². The predicted octanol–water partition coefficient (Wildman–Crippen LogP) is 4.72. The van der Waals surface area contributed by atoms with E-state index in [1.54, 1.807) is 6.20 Å². The molecule has 12 heteroatoms. The lowest BCUT2D eigenvalue weighted by Crippen LogP contribution is -2.46. The molecule has 204 valence electrons. The van der Waals surface area contributed by atoms with E-state index in [0.29, 0.717) is 28.7 Å². The van der Waals surface area contributed by atoms with E-state index >= 15 is 0 Å². The van der Waals surface area contributed by atoms with Gasteiger partial charge in [-0.3, -0.25) is 0 Å². The summed E-state index contributed by atoms with van der Waals surface area (Å²) in [6, 6.07) is 11.8. The van der Waals surface area contributed by atoms with Crippen LogP contribution in [0, 0.1) is 0 Å². The van der Waals surface area contributed by atoms with E-state index in [1.807, 2.05) is 36.4 Å². The third-order valence-corrected chi connectivity index (χ3v) is 7.78. The van der Waals surface area contributed by atoms with Gasteiger partial charge in [0.15, 0.2) is 5.13 Å². The van der Waals surface area contributed by atoms with Gasteiger partial charge in [-0.15, -0.1) is 10.2 Å². The predicted molar refractivity (Wildman–Crippen MR) is 150 cm³/mol. The van der Waals surface area contributed by atoms with Gasteiger partial charge in [0.05, 0.1) is 24.5 Å². The average molecular weight is 549 g/mol. The van der Waals surface area contributed by atoms with Gasteiger partial charge in [-0.1, -0.05) is 29.5 Å². The van der Waals surface area contributed by atoms with Crippen molar-refractivity contribution < 1.29 is 14.3 Å². The van der Waals surface area contributed by atoms with Crippen molar-refractivity contribution in [3.8, 4) is 22.2 Å². The minimum atomic E-state index is -0.217. The van der Waals surface area contributed by atoms with Crippen LogP contribution < -0.4 is 15.5 Å². The Morgan fingerprint density at radius 3 is 2.49 bits per heavy atom. The molecule has 1 aromatic carbocycles. The first-order valence-corrected chi connectivity index (χ1v) is 14.2. The zero-order valence-corrected chi connectivity index (χ0v) is 22.8.